The predicted octanol–water partition coefficient (Wildman–Crippen LogP) is 3.04. The van der Waals surface area contributed by atoms with E-state index in [2.05, 4.69) is 27.1 Å². The average molecular weight is 401 g/mol. The zero-order valence-electron chi connectivity index (χ0n) is 16.4. The van der Waals surface area contributed by atoms with Gasteiger partial charge < -0.3 is 10.1 Å². The summed E-state index contributed by atoms with van der Waals surface area (Å²) >= 11 is 1.75. The predicted molar refractivity (Wildman–Crippen MR) is 109 cm³/mol. The number of aromatic nitrogens is 2. The van der Waals surface area contributed by atoms with E-state index in [1.807, 2.05) is 17.6 Å². The number of hydrogen-bond acceptors (Lipinski definition) is 6. The fourth-order valence-electron chi connectivity index (χ4n) is 4.28. The fraction of sp³-hybridized carbons (Fsp3) is 0.571. The van der Waals surface area contributed by atoms with Crippen LogP contribution in [0.4, 0.5) is 0 Å². The number of carbonyl (C=O) groups is 1. The van der Waals surface area contributed by atoms with Crippen LogP contribution >= 0.6 is 11.3 Å². The normalized spacial score (nSPS) is 22.2. The van der Waals surface area contributed by atoms with Crippen molar-refractivity contribution in [2.75, 3.05) is 26.2 Å². The largest absolute Gasteiger partial charge is 0.375 e. The number of aryl methyl sites for hydroxylation is 1. The molecule has 2 aromatic rings. The van der Waals surface area contributed by atoms with Gasteiger partial charge in [0.1, 0.15) is 5.69 Å². The first-order valence-corrected chi connectivity index (χ1v) is 11.0. The Kier molecular flexibility index (Phi) is 6.04. The van der Waals surface area contributed by atoms with Crippen LogP contribution in [0, 0.1) is 12.8 Å². The highest BCUT2D eigenvalue weighted by Crippen LogP contribution is 2.38. The number of nitrogens with one attached hydrogen (secondary N) is 1. The van der Waals surface area contributed by atoms with Crippen LogP contribution in [0.5, 0.6) is 0 Å². The molecule has 0 radical (unpaired) electrons. The third kappa shape index (κ3) is 4.59. The van der Waals surface area contributed by atoms with E-state index in [0.29, 0.717) is 18.2 Å². The van der Waals surface area contributed by atoms with Gasteiger partial charge in [-0.3, -0.25) is 14.7 Å². The van der Waals surface area contributed by atoms with E-state index in [4.69, 9.17) is 4.74 Å². The van der Waals surface area contributed by atoms with Gasteiger partial charge in [-0.15, -0.1) is 11.3 Å². The number of pyridine rings is 1. The number of hydrogen-bond donors (Lipinski definition) is 1. The summed E-state index contributed by atoms with van der Waals surface area (Å²) in [5.41, 5.74) is 3.56. The van der Waals surface area contributed by atoms with Crippen LogP contribution in [0.25, 0.3) is 0 Å². The van der Waals surface area contributed by atoms with Crippen molar-refractivity contribution in [3.05, 3.63) is 46.2 Å². The lowest BCUT2D eigenvalue weighted by Gasteiger charge is -2.46. The number of carbonyl (C=O) groups excluding carboxylic acids is 1. The molecule has 2 fully saturated rings. The minimum absolute atomic E-state index is 0.0160. The van der Waals surface area contributed by atoms with Gasteiger partial charge in [-0.1, -0.05) is 6.07 Å². The molecule has 2 aliphatic rings. The third-order valence-electron chi connectivity index (χ3n) is 6.02. The van der Waals surface area contributed by atoms with E-state index in [-0.39, 0.29) is 11.5 Å². The van der Waals surface area contributed by atoms with Crippen LogP contribution in [0.15, 0.2) is 29.9 Å². The molecule has 1 unspecified atom stereocenters. The highest BCUT2D eigenvalue weighted by molar-refractivity contribution is 7.09. The van der Waals surface area contributed by atoms with Crippen molar-refractivity contribution in [1.29, 1.82) is 0 Å². The van der Waals surface area contributed by atoms with Crippen LogP contribution in [0.3, 0.4) is 0 Å². The Balaban J connectivity index is 1.27. The second-order valence-electron chi connectivity index (χ2n) is 7.95. The fourth-order valence-corrected chi connectivity index (χ4v) is 5.09. The SMILES string of the molecule is Cc1ncsc1CN1CCC2(CC1)CC(CNC(=O)c1ccccn1)CCO2. The Morgan fingerprint density at radius 3 is 2.93 bits per heavy atom. The molecule has 1 amide bonds. The van der Waals surface area contributed by atoms with Crippen LogP contribution in [-0.4, -0.2) is 52.6 Å². The molecule has 2 aromatic heterocycles. The number of amides is 1. The highest BCUT2D eigenvalue weighted by atomic mass is 32.1. The molecule has 150 valence electrons. The van der Waals surface area contributed by atoms with Gasteiger partial charge in [-0.05, 0) is 50.7 Å². The number of ether oxygens (including phenoxy) is 1. The molecule has 1 atom stereocenters. The van der Waals surface area contributed by atoms with Crippen molar-refractivity contribution in [3.8, 4) is 0 Å². The summed E-state index contributed by atoms with van der Waals surface area (Å²) < 4.78 is 6.27. The van der Waals surface area contributed by atoms with Gasteiger partial charge in [-0.2, -0.15) is 0 Å². The summed E-state index contributed by atoms with van der Waals surface area (Å²) in [6, 6.07) is 5.41. The first-order chi connectivity index (χ1) is 13.6. The molecule has 4 heterocycles. The molecule has 0 saturated carbocycles. The summed E-state index contributed by atoms with van der Waals surface area (Å²) in [5.74, 6) is 0.382. The standard InChI is InChI=1S/C21H28N4O2S/c1-16-19(28-15-24-16)14-25-9-6-21(7-10-25)12-17(5-11-27-21)13-23-20(26)18-4-2-3-8-22-18/h2-4,8,15,17H,5-7,9-14H2,1H3,(H,23,26). The summed E-state index contributed by atoms with van der Waals surface area (Å²) in [4.78, 5) is 24.6. The summed E-state index contributed by atoms with van der Waals surface area (Å²) in [5, 5.41) is 3.06. The van der Waals surface area contributed by atoms with Gasteiger partial charge in [0, 0.05) is 43.9 Å². The molecule has 28 heavy (non-hydrogen) atoms. The molecule has 1 spiro atoms. The Hall–Kier alpha value is -1.83. The second kappa shape index (κ2) is 8.68. The van der Waals surface area contributed by atoms with E-state index in [1.165, 1.54) is 4.88 Å². The molecule has 2 aliphatic heterocycles. The highest BCUT2D eigenvalue weighted by Gasteiger charge is 2.40. The molecular formula is C21H28N4O2S. The van der Waals surface area contributed by atoms with Crippen LogP contribution in [-0.2, 0) is 11.3 Å². The number of likely N-dealkylation sites (tertiary alicyclic amines) is 1. The van der Waals surface area contributed by atoms with Crippen LogP contribution in [0.1, 0.15) is 46.7 Å². The van der Waals surface area contributed by atoms with Crippen molar-refractivity contribution in [1.82, 2.24) is 20.2 Å². The van der Waals surface area contributed by atoms with Gasteiger partial charge in [0.2, 0.25) is 0 Å². The minimum atomic E-state index is -0.0871. The van der Waals surface area contributed by atoms with Crippen LogP contribution < -0.4 is 5.32 Å². The maximum absolute atomic E-state index is 12.3. The molecule has 1 N–H and O–H groups in total. The Bertz CT molecular complexity index is 787. The quantitative estimate of drug-likeness (QED) is 0.836. The van der Waals surface area contributed by atoms with Gasteiger partial charge >= 0.3 is 0 Å². The molecule has 6 nitrogen and oxygen atoms in total. The average Bonchev–Trinajstić information content (AvgIpc) is 3.13. The Morgan fingerprint density at radius 1 is 1.36 bits per heavy atom. The molecule has 0 bridgehead atoms. The molecule has 0 aromatic carbocycles. The van der Waals surface area contributed by atoms with E-state index in [9.17, 15) is 4.79 Å². The Labute approximate surface area is 170 Å². The second-order valence-corrected chi connectivity index (χ2v) is 8.89. The van der Waals surface area contributed by atoms with Crippen molar-refractivity contribution < 1.29 is 9.53 Å². The Morgan fingerprint density at radius 2 is 2.21 bits per heavy atom. The lowest BCUT2D eigenvalue weighted by Crippen LogP contribution is -2.50. The first kappa shape index (κ1) is 19.5. The van der Waals surface area contributed by atoms with Crippen molar-refractivity contribution in [2.45, 2.75) is 44.8 Å². The zero-order chi connectivity index (χ0) is 19.4. The van der Waals surface area contributed by atoms with Gasteiger partial charge in [0.25, 0.3) is 5.91 Å². The van der Waals surface area contributed by atoms with Crippen molar-refractivity contribution in [2.24, 2.45) is 5.92 Å². The van der Waals surface area contributed by atoms with Crippen LogP contribution in [0.2, 0.25) is 0 Å². The number of nitrogens with zero attached hydrogens (tertiary/aromatic N) is 3. The maximum Gasteiger partial charge on any atom is 0.269 e. The lowest BCUT2D eigenvalue weighted by molar-refractivity contribution is -0.127. The molecule has 4 rings (SSSR count). The van der Waals surface area contributed by atoms with E-state index in [1.54, 1.807) is 23.6 Å². The number of rotatable bonds is 5. The summed E-state index contributed by atoms with van der Waals surface area (Å²) in [7, 11) is 0. The molecule has 0 aliphatic carbocycles. The smallest absolute Gasteiger partial charge is 0.269 e. The summed E-state index contributed by atoms with van der Waals surface area (Å²) in [6.07, 6.45) is 5.82. The van der Waals surface area contributed by atoms with E-state index < -0.39 is 0 Å². The van der Waals surface area contributed by atoms with Gasteiger partial charge in [0.15, 0.2) is 0 Å². The van der Waals surface area contributed by atoms with Crippen molar-refractivity contribution >= 4 is 17.2 Å². The van der Waals surface area contributed by atoms with Gasteiger partial charge in [-0.25, -0.2) is 4.98 Å². The number of thiazole rings is 1. The maximum atomic E-state index is 12.3. The van der Waals surface area contributed by atoms with Gasteiger partial charge in [0.05, 0.1) is 16.8 Å². The molecular weight excluding hydrogens is 372 g/mol. The lowest BCUT2D eigenvalue weighted by atomic mass is 9.79. The van der Waals surface area contributed by atoms with E-state index >= 15 is 0 Å². The molecule has 2 saturated heterocycles. The zero-order valence-corrected chi connectivity index (χ0v) is 17.2. The van der Waals surface area contributed by atoms with Crippen molar-refractivity contribution in [3.63, 3.8) is 0 Å². The third-order valence-corrected chi connectivity index (χ3v) is 6.94. The van der Waals surface area contributed by atoms with E-state index in [0.717, 1.165) is 57.6 Å². The minimum Gasteiger partial charge on any atom is -0.375 e. The first-order valence-electron chi connectivity index (χ1n) is 10.1. The monoisotopic (exact) mass is 400 g/mol. The molecule has 7 heteroatoms. The summed E-state index contributed by atoms with van der Waals surface area (Å²) in [6.45, 7) is 6.69. The topological polar surface area (TPSA) is 67.4 Å². The number of piperidine rings is 1.